The van der Waals surface area contributed by atoms with E-state index in [2.05, 4.69) is 84.7 Å². The number of halogens is 4. The van der Waals surface area contributed by atoms with Gasteiger partial charge in [-0.25, -0.2) is 37.8 Å². The van der Waals surface area contributed by atoms with Crippen LogP contribution in [0.15, 0.2) is 95.4 Å². The number of Topliss-reactive ketones (excluding diaryl/α,β-unsaturated/α-hetero) is 2. The molecule has 10 nitrogen and oxygen atoms in total. The molecule has 14 rings (SSSR count). The zero-order valence-electron chi connectivity index (χ0n) is 76.7. The molecule has 7 heterocycles. The summed E-state index contributed by atoms with van der Waals surface area (Å²) < 4.78 is 84.2. The standard InChI is InChI=1S/C110H126F4N8O2S4Se/c1-9-15-21-27-31-33-35-39-45-53-77-91(57-47-55-79-93(89(67-115)117-7)81-59-73-63-85(111)87(113)65-75(73)61-83(81)103(79)123)125-109-101-107(127-105(77)109)95-97-98(120-129-119-97)96-100(99(95)121(101)69-71(49-41-25-19-13-5)51-43-37-29-23-17-11-3)122(70-72(50-42-26-20-14-6)52-44-38-30-24-18-12-4)102-108(96)128-106-78(54-46-40-36-34-32-28-22-16-10-2)92(126-110(102)106)58-48-56-80-94(90(68-116)118-8)82-60-74-64-86(112)88(114)66-76(74)62-84(82)104(80)124/h47-48,55-66,71-72H,9-46,49-54,69-70H2,1-6H3/b57-47+,58-48+,79-55-,80-56-,93-89-,94-90+. The van der Waals surface area contributed by atoms with Gasteiger partial charge in [0.1, 0.15) is 0 Å². The summed E-state index contributed by atoms with van der Waals surface area (Å²) in [6, 6.07) is 14.8. The van der Waals surface area contributed by atoms with Gasteiger partial charge in [-0.1, -0.05) is 131 Å². The van der Waals surface area contributed by atoms with E-state index in [1.54, 1.807) is 36.4 Å². The SMILES string of the molecule is [C-]#[N+]\C(C#N)=C1/C(=C/C=C/c2sc3c(sc4c5c6n[se]nc6c6c7sc8c(CCCCCCCCCCC)c(/C=C/C=C9\C(=O)c%10cc%11cc(F)c(F)cc%11cc%10\C9=C(\C#N)[N+]#[C-])sc8c7n(CC(CCCCCC)CCCCCCCC)c6c5n(CC(CCCCCC)CCCCCCCC)c34)c2CCCCCCCCCCC)C(=O)c2cc3cc(F)c(F)cc3cc21. The van der Waals surface area contributed by atoms with Crippen molar-refractivity contribution >= 4 is 189 Å². The number of ketones is 2. The van der Waals surface area contributed by atoms with Crippen molar-refractivity contribution in [3.05, 3.63) is 185 Å². The summed E-state index contributed by atoms with van der Waals surface area (Å²) in [5.74, 6) is -4.12. The topological polar surface area (TPSA) is 126 Å². The third-order valence-corrected chi connectivity index (χ3v) is 33.6. The fraction of sp³-hybridized carbons (Fsp3) is 0.491. The van der Waals surface area contributed by atoms with E-state index in [1.165, 1.54) is 252 Å². The van der Waals surface area contributed by atoms with Crippen LogP contribution in [-0.2, 0) is 25.9 Å². The van der Waals surface area contributed by atoms with Crippen molar-refractivity contribution in [1.82, 2.24) is 17.1 Å². The van der Waals surface area contributed by atoms with Crippen LogP contribution in [-0.4, -0.2) is 43.6 Å². The van der Waals surface area contributed by atoms with Crippen molar-refractivity contribution < 1.29 is 27.2 Å². The number of fused-ring (bicyclic) bond motifs is 18. The van der Waals surface area contributed by atoms with E-state index in [-0.39, 0.29) is 56.4 Å². The Balaban J connectivity index is 1.01. The Labute approximate surface area is 783 Å². The van der Waals surface area contributed by atoms with Gasteiger partial charge in [-0.3, -0.25) is 9.59 Å². The number of nitrogens with zero attached hydrogens (tertiary/aromatic N) is 8. The molecule has 129 heavy (non-hydrogen) atoms. The van der Waals surface area contributed by atoms with Crippen molar-refractivity contribution in [2.45, 2.75) is 337 Å². The minimum atomic E-state index is -1.03. The van der Waals surface area contributed by atoms with E-state index < -0.39 is 38.2 Å². The first-order valence-electron chi connectivity index (χ1n) is 49.0. The molecule has 2 aliphatic carbocycles. The molecule has 12 aromatic rings. The van der Waals surface area contributed by atoms with Crippen molar-refractivity contribution in [2.75, 3.05) is 0 Å². The molecular formula is C110H126F4N8O2S4Se. The molecule has 0 spiro atoms. The van der Waals surface area contributed by atoms with Gasteiger partial charge in [-0.15, -0.1) is 0 Å². The molecule has 0 fully saturated rings. The summed E-state index contributed by atoms with van der Waals surface area (Å²) in [5, 5.41) is 25.0. The monoisotopic (exact) mass is 1870 g/mol. The van der Waals surface area contributed by atoms with Gasteiger partial charge in [-0.2, -0.15) is 0 Å². The zero-order valence-corrected chi connectivity index (χ0v) is 81.7. The molecule has 0 saturated heterocycles. The van der Waals surface area contributed by atoms with E-state index in [0.29, 0.717) is 44.5 Å². The van der Waals surface area contributed by atoms with Gasteiger partial charge >= 0.3 is 436 Å². The number of hydrogen-bond acceptors (Lipinski definition) is 10. The predicted molar refractivity (Wildman–Crippen MR) is 540 cm³/mol. The molecule has 0 N–H and O–H groups in total. The Kier molecular flexibility index (Phi) is 35.0. The van der Waals surface area contributed by atoms with Gasteiger partial charge in [0.05, 0.1) is 25.3 Å². The van der Waals surface area contributed by atoms with Crippen molar-refractivity contribution in [3.8, 4) is 12.1 Å². The van der Waals surface area contributed by atoms with Gasteiger partial charge in [-0.05, 0) is 81.2 Å². The Hall–Kier alpha value is -8.88. The number of unbranched alkanes of at least 4 members (excludes halogenated alkanes) is 32. The normalized spacial score (nSPS) is 15.0. The van der Waals surface area contributed by atoms with E-state index in [9.17, 15) is 37.7 Å². The first-order chi connectivity index (χ1) is 63.2. The summed E-state index contributed by atoms with van der Waals surface area (Å²) in [4.78, 5) is 39.3. The second-order valence-corrected chi connectivity index (χ2v) is 41.8. The van der Waals surface area contributed by atoms with Crippen LogP contribution in [0.5, 0.6) is 0 Å². The number of aromatic nitrogens is 4. The van der Waals surface area contributed by atoms with Crippen LogP contribution in [0.2, 0.25) is 0 Å². The molecule has 0 saturated carbocycles. The number of nitriles is 2. The minimum absolute atomic E-state index is 0.189. The summed E-state index contributed by atoms with van der Waals surface area (Å²) in [5.41, 5.74) is 11.1. The summed E-state index contributed by atoms with van der Waals surface area (Å²) >= 11 is 7.11. The van der Waals surface area contributed by atoms with Crippen LogP contribution in [0.3, 0.4) is 0 Å². The van der Waals surface area contributed by atoms with Crippen molar-refractivity contribution in [2.24, 2.45) is 11.8 Å². The minimum Gasteiger partial charge on any atom is -0.289 e. The van der Waals surface area contributed by atoms with Crippen LogP contribution >= 0.6 is 45.3 Å². The Morgan fingerprint density at radius 1 is 0.395 bits per heavy atom. The molecule has 7 aromatic heterocycles. The molecule has 676 valence electrons. The molecule has 0 bridgehead atoms. The maximum absolute atomic E-state index is 14.9. The molecular weight excluding hydrogens is 1750 g/mol. The van der Waals surface area contributed by atoms with E-state index in [4.69, 9.17) is 21.1 Å². The number of carbonyl (C=O) groups excluding carboxylic acids is 2. The van der Waals surface area contributed by atoms with E-state index in [1.807, 2.05) is 57.5 Å². The second-order valence-electron chi connectivity index (χ2n) is 36.6. The van der Waals surface area contributed by atoms with Crippen LogP contribution < -0.4 is 0 Å². The van der Waals surface area contributed by atoms with Gasteiger partial charge < -0.3 is 0 Å². The molecule has 0 radical (unpaired) electrons. The van der Waals surface area contributed by atoms with Crippen molar-refractivity contribution in [3.63, 3.8) is 0 Å². The Bertz CT molecular complexity index is 6030. The van der Waals surface area contributed by atoms with E-state index >= 15 is 0 Å². The van der Waals surface area contributed by atoms with Crippen LogP contribution in [0.4, 0.5) is 17.6 Å². The van der Waals surface area contributed by atoms with Gasteiger partial charge in [0.25, 0.3) is 11.4 Å². The molecule has 2 unspecified atom stereocenters. The first kappa shape index (κ1) is 96.2. The van der Waals surface area contributed by atoms with Crippen LogP contribution in [0.1, 0.15) is 364 Å². The number of thiophene rings is 4. The molecule has 0 amide bonds. The van der Waals surface area contributed by atoms with Crippen LogP contribution in [0.25, 0.3) is 127 Å². The third-order valence-electron chi connectivity index (χ3n) is 27.3. The summed E-state index contributed by atoms with van der Waals surface area (Å²) in [6.45, 7) is 31.9. The number of benzene rings is 5. The number of hydrogen-bond donors (Lipinski definition) is 0. The average molecular weight is 1880 g/mol. The molecule has 5 aromatic carbocycles. The first-order valence-corrected chi connectivity index (χ1v) is 53.8. The molecule has 2 atom stereocenters. The number of carbonyl (C=O) groups is 2. The quantitative estimate of drug-likeness (QED) is 0.00933. The summed E-state index contributed by atoms with van der Waals surface area (Å²) in [7, 11) is 0. The van der Waals surface area contributed by atoms with Gasteiger partial charge in [0, 0.05) is 22.3 Å². The summed E-state index contributed by atoms with van der Waals surface area (Å²) in [6.07, 6.45) is 63.3. The number of rotatable bonds is 52. The number of allylic oxidation sites excluding steroid dienone is 10. The average Bonchev–Trinajstić information content (AvgIpc) is 1.50. The predicted octanol–water partition coefficient (Wildman–Crippen LogP) is 35.1. The Morgan fingerprint density at radius 3 is 1.00 bits per heavy atom. The van der Waals surface area contributed by atoms with Crippen LogP contribution in [0, 0.1) is 70.9 Å². The molecule has 0 aliphatic heterocycles. The zero-order chi connectivity index (χ0) is 90.5. The maximum atomic E-state index is 14.9. The Morgan fingerprint density at radius 2 is 0.690 bits per heavy atom. The third kappa shape index (κ3) is 21.6. The van der Waals surface area contributed by atoms with Gasteiger partial charge in [0.15, 0.2) is 34.8 Å². The van der Waals surface area contributed by atoms with Crippen molar-refractivity contribution in [1.29, 1.82) is 10.5 Å². The fourth-order valence-electron chi connectivity index (χ4n) is 20.4. The molecule has 19 heteroatoms. The molecule has 2 aliphatic rings. The second kappa shape index (κ2) is 47.0. The van der Waals surface area contributed by atoms with E-state index in [0.717, 1.165) is 161 Å². The fourth-order valence-corrected chi connectivity index (χ4v) is 27.4. The van der Waals surface area contributed by atoms with Gasteiger partial charge in [0.2, 0.25) is 0 Å². The smallest absolute Gasteiger partial charge is 0.289 e. The number of aryl methyl sites for hydroxylation is 2.